The second kappa shape index (κ2) is 4.57. The third-order valence-corrected chi connectivity index (χ3v) is 2.64. The predicted molar refractivity (Wildman–Crippen MR) is 54.5 cm³/mol. The van der Waals surface area contributed by atoms with E-state index >= 15 is 0 Å². The van der Waals surface area contributed by atoms with E-state index in [9.17, 15) is 12.3 Å². The molecule has 0 spiro atoms. The van der Waals surface area contributed by atoms with E-state index in [-0.39, 0.29) is 10.8 Å². The number of allylic oxidation sites excluding steroid dienone is 1. The summed E-state index contributed by atoms with van der Waals surface area (Å²) in [6.07, 6.45) is 3.02. The summed E-state index contributed by atoms with van der Waals surface area (Å²) in [5, 5.41) is 0. The number of rotatable bonds is 3. The van der Waals surface area contributed by atoms with Gasteiger partial charge in [-0.25, -0.2) is 0 Å². The third-order valence-electron chi connectivity index (χ3n) is 1.57. The molecular weight excluding hydrogens is 227 g/mol. The largest absolute Gasteiger partial charge is 0.332 e. The summed E-state index contributed by atoms with van der Waals surface area (Å²) in [6, 6.07) is 5.81. The van der Waals surface area contributed by atoms with Crippen molar-refractivity contribution in [3.05, 3.63) is 35.9 Å². The van der Waals surface area contributed by atoms with Gasteiger partial charge in [0.1, 0.15) is 4.90 Å². The summed E-state index contributed by atoms with van der Waals surface area (Å²) in [5.41, 5.74) is 0.302. The van der Waals surface area contributed by atoms with E-state index in [2.05, 4.69) is 0 Å². The molecule has 0 saturated heterocycles. The Morgan fingerprint density at radius 2 is 2.00 bits per heavy atom. The SMILES string of the molecule is O=S(=O)(F)c1ccccc1C=CCCl. The van der Waals surface area contributed by atoms with Gasteiger partial charge in [-0.15, -0.1) is 15.5 Å². The molecule has 0 amide bonds. The Morgan fingerprint density at radius 1 is 1.36 bits per heavy atom. The van der Waals surface area contributed by atoms with Gasteiger partial charge in [-0.2, -0.15) is 8.42 Å². The van der Waals surface area contributed by atoms with Gasteiger partial charge < -0.3 is 0 Å². The van der Waals surface area contributed by atoms with Crippen LogP contribution in [-0.2, 0) is 10.2 Å². The predicted octanol–water partition coefficient (Wildman–Crippen LogP) is 2.60. The molecule has 0 saturated carbocycles. The van der Waals surface area contributed by atoms with Gasteiger partial charge in [0.25, 0.3) is 0 Å². The number of hydrogen-bond acceptors (Lipinski definition) is 2. The van der Waals surface area contributed by atoms with E-state index < -0.39 is 10.2 Å². The lowest BCUT2D eigenvalue weighted by Gasteiger charge is -1.99. The molecule has 0 aliphatic rings. The Balaban J connectivity index is 3.24. The first-order valence-corrected chi connectivity index (χ1v) is 5.73. The molecule has 2 nitrogen and oxygen atoms in total. The molecule has 5 heteroatoms. The van der Waals surface area contributed by atoms with Gasteiger partial charge in [0.15, 0.2) is 0 Å². The van der Waals surface area contributed by atoms with Gasteiger partial charge in [0.05, 0.1) is 0 Å². The number of halogens is 2. The van der Waals surface area contributed by atoms with Crippen LogP contribution in [0.4, 0.5) is 3.89 Å². The molecule has 76 valence electrons. The van der Waals surface area contributed by atoms with Crippen LogP contribution >= 0.6 is 11.6 Å². The summed E-state index contributed by atoms with van der Waals surface area (Å²) in [7, 11) is -4.66. The zero-order valence-corrected chi connectivity index (χ0v) is 8.72. The molecule has 0 aliphatic carbocycles. The zero-order chi connectivity index (χ0) is 10.6. The van der Waals surface area contributed by atoms with E-state index in [0.29, 0.717) is 5.56 Å². The van der Waals surface area contributed by atoms with E-state index in [1.165, 1.54) is 24.3 Å². The highest BCUT2D eigenvalue weighted by Crippen LogP contribution is 2.18. The van der Waals surface area contributed by atoms with Crippen LogP contribution in [0.5, 0.6) is 0 Å². The zero-order valence-electron chi connectivity index (χ0n) is 7.15. The molecular formula is C9H8ClFO2S. The maximum Gasteiger partial charge on any atom is 0.332 e. The number of benzene rings is 1. The quantitative estimate of drug-likeness (QED) is 0.595. The fraction of sp³-hybridized carbons (Fsp3) is 0.111. The van der Waals surface area contributed by atoms with Crippen molar-refractivity contribution in [2.75, 3.05) is 5.88 Å². The molecule has 0 aliphatic heterocycles. The molecule has 0 fully saturated rings. The van der Waals surface area contributed by atoms with Crippen molar-refractivity contribution < 1.29 is 12.3 Å². The van der Waals surface area contributed by atoms with Crippen molar-refractivity contribution in [1.29, 1.82) is 0 Å². The summed E-state index contributed by atoms with van der Waals surface area (Å²) in [6.45, 7) is 0. The van der Waals surface area contributed by atoms with E-state index in [1.54, 1.807) is 12.1 Å². The Hall–Kier alpha value is -0.870. The van der Waals surface area contributed by atoms with Crippen LogP contribution in [0.1, 0.15) is 5.56 Å². The molecule has 14 heavy (non-hydrogen) atoms. The van der Waals surface area contributed by atoms with Crippen molar-refractivity contribution in [3.8, 4) is 0 Å². The second-order valence-electron chi connectivity index (χ2n) is 2.53. The summed E-state index contributed by atoms with van der Waals surface area (Å²) in [4.78, 5) is -0.332. The van der Waals surface area contributed by atoms with Crippen LogP contribution in [0.3, 0.4) is 0 Å². The van der Waals surface area contributed by atoms with Gasteiger partial charge in [-0.1, -0.05) is 30.4 Å². The smallest absolute Gasteiger partial charge is 0.189 e. The van der Waals surface area contributed by atoms with Crippen LogP contribution < -0.4 is 0 Å². The monoisotopic (exact) mass is 234 g/mol. The first-order chi connectivity index (χ1) is 6.55. The van der Waals surface area contributed by atoms with Gasteiger partial charge in [-0.05, 0) is 11.6 Å². The topological polar surface area (TPSA) is 34.1 Å². The molecule has 0 atom stereocenters. The lowest BCUT2D eigenvalue weighted by Crippen LogP contribution is -1.94. The highest BCUT2D eigenvalue weighted by molar-refractivity contribution is 7.86. The highest BCUT2D eigenvalue weighted by Gasteiger charge is 2.14. The Morgan fingerprint density at radius 3 is 2.57 bits per heavy atom. The van der Waals surface area contributed by atoms with Gasteiger partial charge in [-0.3, -0.25) is 0 Å². The average Bonchev–Trinajstić information content (AvgIpc) is 2.14. The van der Waals surface area contributed by atoms with Gasteiger partial charge in [0, 0.05) is 5.88 Å². The number of hydrogen-bond donors (Lipinski definition) is 0. The van der Waals surface area contributed by atoms with Crippen LogP contribution in [0.15, 0.2) is 35.2 Å². The minimum atomic E-state index is -4.66. The van der Waals surface area contributed by atoms with Gasteiger partial charge in [0.2, 0.25) is 0 Å². The molecule has 1 aromatic rings. The molecule has 0 unspecified atom stereocenters. The molecule has 0 N–H and O–H groups in total. The summed E-state index contributed by atoms with van der Waals surface area (Å²) >= 11 is 5.39. The lowest BCUT2D eigenvalue weighted by atomic mass is 10.2. The summed E-state index contributed by atoms with van der Waals surface area (Å²) < 4.78 is 34.1. The second-order valence-corrected chi connectivity index (χ2v) is 4.16. The standard InChI is InChI=1S/C9H8ClFO2S/c10-7-3-5-8-4-1-2-6-9(8)14(11,12)13/h1-6H,7H2. The third kappa shape index (κ3) is 2.82. The van der Waals surface area contributed by atoms with Crippen molar-refractivity contribution in [1.82, 2.24) is 0 Å². The van der Waals surface area contributed by atoms with Crippen molar-refractivity contribution in [2.24, 2.45) is 0 Å². The van der Waals surface area contributed by atoms with Crippen molar-refractivity contribution in [3.63, 3.8) is 0 Å². The van der Waals surface area contributed by atoms with E-state index in [0.717, 1.165) is 0 Å². The molecule has 1 aromatic carbocycles. The van der Waals surface area contributed by atoms with Crippen LogP contribution in [0.25, 0.3) is 6.08 Å². The molecule has 1 rings (SSSR count). The highest BCUT2D eigenvalue weighted by atomic mass is 35.5. The maximum absolute atomic E-state index is 12.7. The number of alkyl halides is 1. The Kier molecular flexibility index (Phi) is 3.66. The molecule has 0 heterocycles. The van der Waals surface area contributed by atoms with Crippen molar-refractivity contribution >= 4 is 27.9 Å². The average molecular weight is 235 g/mol. The van der Waals surface area contributed by atoms with E-state index in [4.69, 9.17) is 11.6 Å². The van der Waals surface area contributed by atoms with Crippen LogP contribution in [0, 0.1) is 0 Å². The minimum Gasteiger partial charge on any atom is -0.189 e. The maximum atomic E-state index is 12.7. The van der Waals surface area contributed by atoms with Gasteiger partial charge >= 0.3 is 10.2 Å². The Bertz CT molecular complexity index is 440. The fourth-order valence-electron chi connectivity index (χ4n) is 1.01. The Labute approximate surface area is 87.2 Å². The van der Waals surface area contributed by atoms with Crippen LogP contribution in [-0.4, -0.2) is 14.3 Å². The van der Waals surface area contributed by atoms with Crippen LogP contribution in [0.2, 0.25) is 0 Å². The summed E-state index contributed by atoms with van der Waals surface area (Å²) in [5.74, 6) is 0.251. The fourth-order valence-corrected chi connectivity index (χ4v) is 1.76. The molecule has 0 bridgehead atoms. The molecule has 0 aromatic heterocycles. The van der Waals surface area contributed by atoms with E-state index in [1.807, 2.05) is 0 Å². The lowest BCUT2D eigenvalue weighted by molar-refractivity contribution is 0.552. The molecule has 0 radical (unpaired) electrons. The van der Waals surface area contributed by atoms with Crippen molar-refractivity contribution in [2.45, 2.75) is 4.90 Å². The normalized spacial score (nSPS) is 12.1. The first kappa shape index (κ1) is 11.2. The first-order valence-electron chi connectivity index (χ1n) is 3.82. The minimum absolute atomic E-state index is 0.251.